The van der Waals surface area contributed by atoms with E-state index in [1.165, 1.54) is 4.68 Å². The van der Waals surface area contributed by atoms with Gasteiger partial charge in [-0.05, 0) is 26.8 Å². The number of halogens is 1. The van der Waals surface area contributed by atoms with E-state index in [1.807, 2.05) is 26.8 Å². The Hall–Kier alpha value is -1.43. The lowest BCUT2D eigenvalue weighted by molar-refractivity contribution is 0.0522. The van der Waals surface area contributed by atoms with Crippen molar-refractivity contribution in [1.82, 2.24) is 14.8 Å². The highest BCUT2D eigenvalue weighted by molar-refractivity contribution is 9.09. The van der Waals surface area contributed by atoms with Crippen molar-refractivity contribution in [1.29, 1.82) is 0 Å². The van der Waals surface area contributed by atoms with Crippen LogP contribution in [0.3, 0.4) is 0 Å². The number of hydrogen-bond donors (Lipinski definition) is 0. The highest BCUT2D eigenvalue weighted by Crippen LogP contribution is 2.20. The van der Waals surface area contributed by atoms with Gasteiger partial charge in [-0.3, -0.25) is 4.98 Å². The normalized spacial score (nSPS) is 11.8. The molecular weight excluding hydrogens is 310 g/mol. The minimum atomic E-state index is -0.548. The highest BCUT2D eigenvalue weighted by atomic mass is 79.9. The number of fused-ring (bicyclic) bond motifs is 1. The summed E-state index contributed by atoms with van der Waals surface area (Å²) >= 11 is 3.39. The third-order valence-electron chi connectivity index (χ3n) is 2.46. The first kappa shape index (κ1) is 14.0. The van der Waals surface area contributed by atoms with E-state index >= 15 is 0 Å². The maximum atomic E-state index is 12.1. The van der Waals surface area contributed by atoms with Gasteiger partial charge in [0, 0.05) is 23.3 Å². The largest absolute Gasteiger partial charge is 0.442 e. The molecular formula is C13H16BrN3O2. The van der Waals surface area contributed by atoms with Crippen molar-refractivity contribution in [2.45, 2.75) is 32.8 Å². The molecule has 0 radical (unpaired) electrons. The molecule has 5 nitrogen and oxygen atoms in total. The fourth-order valence-corrected chi connectivity index (χ4v) is 2.12. The van der Waals surface area contributed by atoms with Gasteiger partial charge in [0.05, 0.1) is 17.4 Å². The molecule has 0 unspecified atom stereocenters. The summed E-state index contributed by atoms with van der Waals surface area (Å²) in [5, 5.41) is 6.05. The van der Waals surface area contributed by atoms with Gasteiger partial charge in [-0.2, -0.15) is 9.78 Å². The number of rotatable bonds is 2. The number of ether oxygens (including phenoxy) is 1. The molecule has 6 heteroatoms. The molecule has 2 heterocycles. The Balaban J connectivity index is 2.46. The van der Waals surface area contributed by atoms with Gasteiger partial charge in [0.1, 0.15) is 5.60 Å². The zero-order valence-corrected chi connectivity index (χ0v) is 12.8. The van der Waals surface area contributed by atoms with Crippen LogP contribution in [0.15, 0.2) is 18.5 Å². The Bertz CT molecular complexity index is 601. The summed E-state index contributed by atoms with van der Waals surface area (Å²) in [6.07, 6.45) is 3.59. The first-order valence-electron chi connectivity index (χ1n) is 6.03. The molecule has 0 amide bonds. The van der Waals surface area contributed by atoms with E-state index < -0.39 is 11.7 Å². The summed E-state index contributed by atoms with van der Waals surface area (Å²) in [6, 6.07) is 1.86. The predicted molar refractivity (Wildman–Crippen MR) is 76.7 cm³/mol. The molecule has 2 rings (SSSR count). The summed E-state index contributed by atoms with van der Waals surface area (Å²) < 4.78 is 6.63. The number of alkyl halides is 1. The molecule has 0 aliphatic carbocycles. The predicted octanol–water partition coefficient (Wildman–Crippen LogP) is 3.15. The maximum absolute atomic E-state index is 12.1. The molecule has 0 spiro atoms. The molecule has 2 aromatic rings. The minimum Gasteiger partial charge on any atom is -0.442 e. The van der Waals surface area contributed by atoms with E-state index in [0.29, 0.717) is 5.52 Å². The zero-order chi connectivity index (χ0) is 14.0. The van der Waals surface area contributed by atoms with Gasteiger partial charge in [0.25, 0.3) is 0 Å². The maximum Gasteiger partial charge on any atom is 0.435 e. The van der Waals surface area contributed by atoms with Crippen molar-refractivity contribution in [3.8, 4) is 0 Å². The Kier molecular flexibility index (Phi) is 3.89. The molecule has 0 aliphatic heterocycles. The van der Waals surface area contributed by atoms with E-state index in [-0.39, 0.29) is 0 Å². The third kappa shape index (κ3) is 3.12. The lowest BCUT2D eigenvalue weighted by Gasteiger charge is -2.19. The standard InChI is InChI=1S/C13H16BrN3O2/c1-13(2,3)19-12(18)17-11-8-15-7-5-9(11)10(16-17)4-6-14/h5,7-8H,4,6H2,1-3H3. The van der Waals surface area contributed by atoms with Crippen LogP contribution >= 0.6 is 15.9 Å². The van der Waals surface area contributed by atoms with Crippen LogP contribution in [0.1, 0.15) is 26.5 Å². The number of hydrogen-bond acceptors (Lipinski definition) is 4. The van der Waals surface area contributed by atoms with Gasteiger partial charge in [0.15, 0.2) is 0 Å². The molecule has 19 heavy (non-hydrogen) atoms. The van der Waals surface area contributed by atoms with Crippen molar-refractivity contribution in [2.75, 3.05) is 5.33 Å². The Labute approximate surface area is 120 Å². The Morgan fingerprint density at radius 1 is 1.47 bits per heavy atom. The fourth-order valence-electron chi connectivity index (χ4n) is 1.75. The molecule has 0 saturated heterocycles. The lowest BCUT2D eigenvalue weighted by atomic mass is 10.2. The molecule has 0 N–H and O–H groups in total. The van der Waals surface area contributed by atoms with Crippen LogP contribution in [0, 0.1) is 0 Å². The zero-order valence-electron chi connectivity index (χ0n) is 11.2. The quantitative estimate of drug-likeness (QED) is 0.796. The van der Waals surface area contributed by atoms with E-state index in [2.05, 4.69) is 26.0 Å². The van der Waals surface area contributed by atoms with Crippen molar-refractivity contribution in [3.05, 3.63) is 24.2 Å². The smallest absolute Gasteiger partial charge is 0.435 e. The van der Waals surface area contributed by atoms with Gasteiger partial charge in [-0.25, -0.2) is 4.79 Å². The number of pyridine rings is 1. The molecule has 0 aromatic carbocycles. The van der Waals surface area contributed by atoms with Crippen LogP contribution in [0.5, 0.6) is 0 Å². The van der Waals surface area contributed by atoms with Crippen LogP contribution in [-0.2, 0) is 11.2 Å². The lowest BCUT2D eigenvalue weighted by Crippen LogP contribution is -2.27. The fraction of sp³-hybridized carbons (Fsp3) is 0.462. The van der Waals surface area contributed by atoms with Crippen molar-refractivity contribution in [2.24, 2.45) is 0 Å². The SMILES string of the molecule is CC(C)(C)OC(=O)n1nc(CCBr)c2ccncc21. The van der Waals surface area contributed by atoms with E-state index in [4.69, 9.17) is 4.74 Å². The van der Waals surface area contributed by atoms with Gasteiger partial charge in [0.2, 0.25) is 0 Å². The monoisotopic (exact) mass is 325 g/mol. The van der Waals surface area contributed by atoms with Crippen molar-refractivity contribution in [3.63, 3.8) is 0 Å². The summed E-state index contributed by atoms with van der Waals surface area (Å²) in [5.74, 6) is 0. The van der Waals surface area contributed by atoms with Crippen LogP contribution < -0.4 is 0 Å². The van der Waals surface area contributed by atoms with Crippen molar-refractivity contribution >= 4 is 32.9 Å². The molecule has 2 aromatic heterocycles. The Morgan fingerprint density at radius 2 is 2.21 bits per heavy atom. The van der Waals surface area contributed by atoms with E-state index in [0.717, 1.165) is 22.8 Å². The molecule has 0 fully saturated rings. The van der Waals surface area contributed by atoms with E-state index in [1.54, 1.807) is 12.4 Å². The topological polar surface area (TPSA) is 57.0 Å². The molecule has 0 saturated carbocycles. The van der Waals surface area contributed by atoms with E-state index in [9.17, 15) is 4.79 Å². The second kappa shape index (κ2) is 5.28. The van der Waals surface area contributed by atoms with Crippen LogP contribution in [0.4, 0.5) is 4.79 Å². The number of carbonyl (C=O) groups excluding carboxylic acids is 1. The van der Waals surface area contributed by atoms with Gasteiger partial charge >= 0.3 is 6.09 Å². The second-order valence-corrected chi connectivity index (χ2v) is 5.96. The molecule has 0 bridgehead atoms. The first-order chi connectivity index (χ1) is 8.92. The first-order valence-corrected chi connectivity index (χ1v) is 7.15. The number of nitrogens with zero attached hydrogens (tertiary/aromatic N) is 3. The van der Waals surface area contributed by atoms with Gasteiger partial charge in [-0.15, -0.1) is 0 Å². The third-order valence-corrected chi connectivity index (χ3v) is 2.85. The molecule has 0 atom stereocenters. The summed E-state index contributed by atoms with van der Waals surface area (Å²) in [6.45, 7) is 5.48. The average molecular weight is 326 g/mol. The summed E-state index contributed by atoms with van der Waals surface area (Å²) in [7, 11) is 0. The number of aryl methyl sites for hydroxylation is 1. The minimum absolute atomic E-state index is 0.480. The number of aromatic nitrogens is 3. The summed E-state index contributed by atoms with van der Waals surface area (Å²) in [4.78, 5) is 16.2. The molecule has 102 valence electrons. The highest BCUT2D eigenvalue weighted by Gasteiger charge is 2.21. The van der Waals surface area contributed by atoms with Crippen LogP contribution in [-0.4, -0.2) is 31.8 Å². The second-order valence-electron chi connectivity index (χ2n) is 5.17. The molecule has 0 aliphatic rings. The number of carbonyl (C=O) groups is 1. The Morgan fingerprint density at radius 3 is 2.84 bits per heavy atom. The summed E-state index contributed by atoms with van der Waals surface area (Å²) in [5.41, 5.74) is 0.987. The van der Waals surface area contributed by atoms with Gasteiger partial charge < -0.3 is 4.74 Å². The van der Waals surface area contributed by atoms with Crippen LogP contribution in [0.2, 0.25) is 0 Å². The van der Waals surface area contributed by atoms with Crippen molar-refractivity contribution < 1.29 is 9.53 Å². The van der Waals surface area contributed by atoms with Gasteiger partial charge in [-0.1, -0.05) is 15.9 Å². The average Bonchev–Trinajstić information content (AvgIpc) is 2.67. The van der Waals surface area contributed by atoms with Crippen LogP contribution in [0.25, 0.3) is 10.9 Å².